The maximum Gasteiger partial charge on any atom is 0.0860 e. The molecule has 0 amide bonds. The van der Waals surface area contributed by atoms with Crippen LogP contribution in [0.1, 0.15) is 78.6 Å². The summed E-state index contributed by atoms with van der Waals surface area (Å²) in [7, 11) is 0. The largest absolute Gasteiger partial charge is 0.388 e. The van der Waals surface area contributed by atoms with Crippen LogP contribution >= 0.6 is 0 Å². The molecule has 2 aliphatic carbocycles. The van der Waals surface area contributed by atoms with Gasteiger partial charge in [-0.3, -0.25) is 0 Å². The lowest BCUT2D eigenvalue weighted by Gasteiger charge is -2.48. The molecule has 2 rings (SSSR count). The third-order valence-corrected chi connectivity index (χ3v) is 6.39. The fraction of sp³-hybridized carbons (Fsp3) is 0.941. The minimum Gasteiger partial charge on any atom is -0.388 e. The third-order valence-electron chi connectivity index (χ3n) is 6.39. The van der Waals surface area contributed by atoms with Gasteiger partial charge in [0.1, 0.15) is 0 Å². The van der Waals surface area contributed by atoms with Crippen molar-refractivity contribution < 1.29 is 5.11 Å². The summed E-state index contributed by atoms with van der Waals surface area (Å²) in [5.74, 6) is 0.704. The highest BCUT2D eigenvalue weighted by Gasteiger charge is 2.54. The molecule has 0 bridgehead atoms. The standard InChI is InChI=1S/C17H29NO/c1-4-15(2,3)14-7-11-17(19,12-8-14)16(13-18)9-5-6-10-16/h14,19H,4-12H2,1-3H3. The molecule has 0 aromatic carbocycles. The fourth-order valence-electron chi connectivity index (χ4n) is 4.30. The molecule has 0 heterocycles. The van der Waals surface area contributed by atoms with Gasteiger partial charge in [-0.05, 0) is 49.9 Å². The Labute approximate surface area is 118 Å². The average Bonchev–Trinajstić information content (AvgIpc) is 2.90. The predicted octanol–water partition coefficient (Wildman–Crippen LogP) is 4.43. The Hall–Kier alpha value is -0.550. The van der Waals surface area contributed by atoms with Crippen LogP contribution in [0.15, 0.2) is 0 Å². The summed E-state index contributed by atoms with van der Waals surface area (Å²) in [6.45, 7) is 6.95. The highest BCUT2D eigenvalue weighted by atomic mass is 16.3. The third kappa shape index (κ3) is 2.42. The summed E-state index contributed by atoms with van der Waals surface area (Å²) in [5.41, 5.74) is -0.774. The van der Waals surface area contributed by atoms with Gasteiger partial charge in [0.15, 0.2) is 0 Å². The van der Waals surface area contributed by atoms with Crippen molar-refractivity contribution in [2.24, 2.45) is 16.7 Å². The van der Waals surface area contributed by atoms with E-state index in [-0.39, 0.29) is 0 Å². The summed E-state index contributed by atoms with van der Waals surface area (Å²) < 4.78 is 0. The molecule has 2 aliphatic rings. The summed E-state index contributed by atoms with van der Waals surface area (Å²) in [4.78, 5) is 0. The highest BCUT2D eigenvalue weighted by molar-refractivity contribution is 5.14. The van der Waals surface area contributed by atoms with Crippen LogP contribution in [-0.2, 0) is 0 Å². The van der Waals surface area contributed by atoms with E-state index in [1.807, 2.05) is 0 Å². The maximum atomic E-state index is 11.1. The van der Waals surface area contributed by atoms with Crippen molar-refractivity contribution in [2.75, 3.05) is 0 Å². The van der Waals surface area contributed by atoms with Crippen molar-refractivity contribution in [3.8, 4) is 6.07 Å². The SMILES string of the molecule is CCC(C)(C)C1CCC(O)(C2(C#N)CCCC2)CC1. The molecule has 0 aliphatic heterocycles. The zero-order valence-electron chi connectivity index (χ0n) is 12.8. The van der Waals surface area contributed by atoms with E-state index in [4.69, 9.17) is 0 Å². The van der Waals surface area contributed by atoms with Crippen LogP contribution in [0, 0.1) is 28.1 Å². The Kier molecular flexibility index (Phi) is 3.98. The van der Waals surface area contributed by atoms with Gasteiger partial charge in [-0.2, -0.15) is 5.26 Å². The van der Waals surface area contributed by atoms with Crippen LogP contribution in [0.3, 0.4) is 0 Å². The van der Waals surface area contributed by atoms with Gasteiger partial charge in [0, 0.05) is 0 Å². The van der Waals surface area contributed by atoms with Gasteiger partial charge < -0.3 is 5.11 Å². The molecule has 2 heteroatoms. The molecule has 19 heavy (non-hydrogen) atoms. The Bertz CT molecular complexity index is 352. The van der Waals surface area contributed by atoms with Crippen molar-refractivity contribution in [1.29, 1.82) is 5.26 Å². The highest BCUT2D eigenvalue weighted by Crippen LogP contribution is 2.54. The van der Waals surface area contributed by atoms with Crippen LogP contribution < -0.4 is 0 Å². The van der Waals surface area contributed by atoms with Crippen LogP contribution in [0.25, 0.3) is 0 Å². The van der Waals surface area contributed by atoms with E-state index in [2.05, 4.69) is 26.8 Å². The number of nitriles is 1. The molecular formula is C17H29NO. The van der Waals surface area contributed by atoms with Gasteiger partial charge >= 0.3 is 0 Å². The first-order valence-corrected chi connectivity index (χ1v) is 8.03. The second kappa shape index (κ2) is 5.09. The molecule has 0 spiro atoms. The topological polar surface area (TPSA) is 44.0 Å². The smallest absolute Gasteiger partial charge is 0.0860 e. The molecule has 0 aromatic heterocycles. The number of hydrogen-bond donors (Lipinski definition) is 1. The minimum atomic E-state index is -0.710. The van der Waals surface area contributed by atoms with Gasteiger partial charge in [-0.15, -0.1) is 0 Å². The van der Waals surface area contributed by atoms with Gasteiger partial charge in [-0.25, -0.2) is 0 Å². The lowest BCUT2D eigenvalue weighted by atomic mass is 9.59. The first-order chi connectivity index (χ1) is 8.89. The lowest BCUT2D eigenvalue weighted by molar-refractivity contribution is -0.0985. The Morgan fingerprint density at radius 2 is 1.68 bits per heavy atom. The first kappa shape index (κ1) is 14.9. The summed E-state index contributed by atoms with van der Waals surface area (Å²) in [5, 5.41) is 20.7. The van der Waals surface area contributed by atoms with E-state index in [0.717, 1.165) is 51.4 Å². The van der Waals surface area contributed by atoms with E-state index in [0.29, 0.717) is 11.3 Å². The predicted molar refractivity (Wildman–Crippen MR) is 77.5 cm³/mol. The van der Waals surface area contributed by atoms with Gasteiger partial charge in [0.2, 0.25) is 0 Å². The van der Waals surface area contributed by atoms with E-state index in [9.17, 15) is 10.4 Å². The van der Waals surface area contributed by atoms with E-state index in [1.54, 1.807) is 0 Å². The molecule has 2 nitrogen and oxygen atoms in total. The van der Waals surface area contributed by atoms with E-state index in [1.165, 1.54) is 6.42 Å². The quantitative estimate of drug-likeness (QED) is 0.818. The normalized spacial score (nSPS) is 35.0. The van der Waals surface area contributed by atoms with Crippen LogP contribution in [-0.4, -0.2) is 10.7 Å². The Morgan fingerprint density at radius 1 is 1.16 bits per heavy atom. The average molecular weight is 263 g/mol. The second-order valence-corrected chi connectivity index (χ2v) is 7.55. The molecule has 0 radical (unpaired) electrons. The zero-order valence-corrected chi connectivity index (χ0v) is 12.8. The molecular weight excluding hydrogens is 234 g/mol. The zero-order chi connectivity index (χ0) is 14.1. The molecule has 0 saturated heterocycles. The maximum absolute atomic E-state index is 11.1. The van der Waals surface area contributed by atoms with Crippen molar-refractivity contribution in [2.45, 2.75) is 84.2 Å². The van der Waals surface area contributed by atoms with Crippen LogP contribution in [0.2, 0.25) is 0 Å². The summed E-state index contributed by atoms with van der Waals surface area (Å²) in [6.07, 6.45) is 9.05. The second-order valence-electron chi connectivity index (χ2n) is 7.55. The Balaban J connectivity index is 2.08. The molecule has 0 unspecified atom stereocenters. The van der Waals surface area contributed by atoms with Crippen molar-refractivity contribution in [3.63, 3.8) is 0 Å². The summed E-state index contributed by atoms with van der Waals surface area (Å²) in [6, 6.07) is 2.51. The Morgan fingerprint density at radius 3 is 2.11 bits per heavy atom. The number of rotatable bonds is 3. The van der Waals surface area contributed by atoms with Gasteiger partial charge in [-0.1, -0.05) is 40.0 Å². The monoisotopic (exact) mass is 263 g/mol. The minimum absolute atomic E-state index is 0.372. The van der Waals surface area contributed by atoms with Crippen molar-refractivity contribution in [3.05, 3.63) is 0 Å². The summed E-state index contributed by atoms with van der Waals surface area (Å²) >= 11 is 0. The number of hydrogen-bond acceptors (Lipinski definition) is 2. The van der Waals surface area contributed by atoms with Gasteiger partial charge in [0.25, 0.3) is 0 Å². The number of aliphatic hydroxyl groups is 1. The molecule has 108 valence electrons. The molecule has 2 fully saturated rings. The fourth-order valence-corrected chi connectivity index (χ4v) is 4.30. The molecule has 0 atom stereocenters. The number of nitrogens with zero attached hydrogens (tertiary/aromatic N) is 1. The van der Waals surface area contributed by atoms with Crippen LogP contribution in [0.5, 0.6) is 0 Å². The first-order valence-electron chi connectivity index (χ1n) is 8.03. The molecule has 2 saturated carbocycles. The van der Waals surface area contributed by atoms with Crippen LogP contribution in [0.4, 0.5) is 0 Å². The molecule has 1 N–H and O–H groups in total. The molecule has 0 aromatic rings. The van der Waals surface area contributed by atoms with Crippen molar-refractivity contribution >= 4 is 0 Å². The van der Waals surface area contributed by atoms with Crippen molar-refractivity contribution in [1.82, 2.24) is 0 Å². The lowest BCUT2D eigenvalue weighted by Crippen LogP contribution is -2.49. The van der Waals surface area contributed by atoms with E-state index < -0.39 is 11.0 Å². The van der Waals surface area contributed by atoms with Gasteiger partial charge in [0.05, 0.1) is 17.1 Å². The van der Waals surface area contributed by atoms with E-state index >= 15 is 0 Å².